The van der Waals surface area contributed by atoms with Crippen LogP contribution in [0.3, 0.4) is 0 Å². The van der Waals surface area contributed by atoms with Crippen molar-refractivity contribution in [3.63, 3.8) is 0 Å². The molecule has 1 heterocycles. The predicted molar refractivity (Wildman–Crippen MR) is 128 cm³/mol. The molecule has 0 amide bonds. The Balaban J connectivity index is 4.17. The minimum Gasteiger partial charge on any atom is -0.410 e. The van der Waals surface area contributed by atoms with Gasteiger partial charge in [-0.25, -0.2) is 0 Å². The highest BCUT2D eigenvalue weighted by atomic mass is 29.7. The normalized spacial score (nSPS) is 28.7. The Bertz CT molecular complexity index is 538. The standard InChI is InChI=1S/C20H46O9Si3/c1-11-21-19(9)20(22-12-2,23-13-3)30(10,24-14-4)32(27-17-7,28-18-8)31(29-19,25-15-5)26-16-6/h11-18H2,1-10H3. The molecule has 9 nitrogen and oxygen atoms in total. The van der Waals surface area contributed by atoms with Crippen molar-refractivity contribution in [3.05, 3.63) is 0 Å². The van der Waals surface area contributed by atoms with E-state index in [1.165, 1.54) is 0 Å². The summed E-state index contributed by atoms with van der Waals surface area (Å²) in [4.78, 5) is 0. The van der Waals surface area contributed by atoms with Crippen LogP contribution in [0.2, 0.25) is 6.55 Å². The van der Waals surface area contributed by atoms with E-state index in [0.29, 0.717) is 52.9 Å². The van der Waals surface area contributed by atoms with Crippen molar-refractivity contribution in [3.8, 4) is 0 Å². The van der Waals surface area contributed by atoms with Gasteiger partial charge >= 0.3 is 23.8 Å². The van der Waals surface area contributed by atoms with Crippen LogP contribution in [-0.2, 0) is 40.8 Å². The zero-order valence-electron chi connectivity index (χ0n) is 21.8. The third-order valence-electron chi connectivity index (χ3n) is 5.50. The molecular weight excluding hydrogens is 468 g/mol. The summed E-state index contributed by atoms with van der Waals surface area (Å²) in [6, 6.07) is 0. The smallest absolute Gasteiger partial charge is 0.410 e. The van der Waals surface area contributed by atoms with Crippen molar-refractivity contribution in [1.29, 1.82) is 0 Å². The van der Waals surface area contributed by atoms with Gasteiger partial charge in [-0.2, -0.15) is 0 Å². The van der Waals surface area contributed by atoms with Crippen molar-refractivity contribution in [2.45, 2.75) is 80.1 Å². The molecule has 0 N–H and O–H groups in total. The largest absolute Gasteiger partial charge is 0.540 e. The van der Waals surface area contributed by atoms with Gasteiger partial charge in [-0.05, 0) is 68.9 Å². The highest BCUT2D eigenvalue weighted by molar-refractivity contribution is 7.61. The minimum absolute atomic E-state index is 0.363. The third-order valence-corrected chi connectivity index (χ3v) is 31.4. The molecule has 0 aromatic carbocycles. The van der Waals surface area contributed by atoms with Crippen molar-refractivity contribution >= 4 is 23.8 Å². The van der Waals surface area contributed by atoms with E-state index >= 15 is 0 Å². The van der Waals surface area contributed by atoms with Gasteiger partial charge in [0, 0.05) is 52.9 Å². The fourth-order valence-corrected chi connectivity index (χ4v) is 34.4. The van der Waals surface area contributed by atoms with Crippen LogP contribution in [0.25, 0.3) is 0 Å². The molecule has 1 rings (SSSR count). The molecule has 12 heteroatoms. The maximum atomic E-state index is 6.86. The second kappa shape index (κ2) is 12.8. The van der Waals surface area contributed by atoms with Gasteiger partial charge < -0.3 is 40.8 Å². The molecule has 1 aliphatic heterocycles. The topological polar surface area (TPSA) is 83.1 Å². The fourth-order valence-electron chi connectivity index (χ4n) is 4.77. The highest BCUT2D eigenvalue weighted by Gasteiger charge is 2.93. The minimum atomic E-state index is -3.65. The van der Waals surface area contributed by atoms with E-state index in [0.717, 1.165) is 0 Å². The Hall–Kier alpha value is 0.291. The predicted octanol–water partition coefficient (Wildman–Crippen LogP) is 3.37. The van der Waals surface area contributed by atoms with Crippen LogP contribution in [0.4, 0.5) is 0 Å². The first-order chi connectivity index (χ1) is 15.2. The number of hydrogen-bond donors (Lipinski definition) is 0. The van der Waals surface area contributed by atoms with E-state index in [-0.39, 0.29) is 0 Å². The summed E-state index contributed by atoms with van der Waals surface area (Å²) in [7, 11) is -10.5. The molecule has 0 aliphatic carbocycles. The van der Waals surface area contributed by atoms with Crippen molar-refractivity contribution in [2.75, 3.05) is 52.9 Å². The average Bonchev–Trinajstić information content (AvgIpc) is 2.72. The molecule has 0 bridgehead atoms. The van der Waals surface area contributed by atoms with Crippen LogP contribution in [0.5, 0.6) is 0 Å². The molecule has 32 heavy (non-hydrogen) atoms. The van der Waals surface area contributed by atoms with E-state index < -0.39 is 35.0 Å². The van der Waals surface area contributed by atoms with E-state index in [2.05, 4.69) is 6.55 Å². The first kappa shape index (κ1) is 30.3. The lowest BCUT2D eigenvalue weighted by Gasteiger charge is -2.64. The maximum absolute atomic E-state index is 6.86. The van der Waals surface area contributed by atoms with E-state index in [4.69, 9.17) is 40.8 Å². The lowest BCUT2D eigenvalue weighted by atomic mass is 10.3. The Kier molecular flexibility index (Phi) is 12.2. The summed E-state index contributed by atoms with van der Waals surface area (Å²) < 4.78 is 59.0. The molecule has 0 radical (unpaired) electrons. The van der Waals surface area contributed by atoms with Gasteiger partial charge in [0.1, 0.15) is 0 Å². The molecule has 0 aromatic heterocycles. The van der Waals surface area contributed by atoms with Crippen LogP contribution < -0.4 is 0 Å². The van der Waals surface area contributed by atoms with Gasteiger partial charge in [0.25, 0.3) is 0 Å². The SMILES string of the molecule is CCOC1(C)O[Si](OCC)(OCC)[Si](OCC)(OCC)[Si](C)(OCC)C1(OCC)OCC. The lowest BCUT2D eigenvalue weighted by molar-refractivity contribution is -0.361. The molecule has 2 atom stereocenters. The summed E-state index contributed by atoms with van der Waals surface area (Å²) >= 11 is 0. The van der Waals surface area contributed by atoms with Crippen molar-refractivity contribution in [1.82, 2.24) is 0 Å². The van der Waals surface area contributed by atoms with Gasteiger partial charge in [0.05, 0.1) is 0 Å². The van der Waals surface area contributed by atoms with Crippen LogP contribution in [0.1, 0.15) is 62.3 Å². The third kappa shape index (κ3) is 4.71. The molecule has 192 valence electrons. The molecule has 1 saturated heterocycles. The van der Waals surface area contributed by atoms with Crippen LogP contribution in [-0.4, -0.2) is 87.8 Å². The van der Waals surface area contributed by atoms with Crippen molar-refractivity contribution < 1.29 is 40.8 Å². The van der Waals surface area contributed by atoms with Crippen LogP contribution in [0, 0.1) is 0 Å². The van der Waals surface area contributed by atoms with Crippen LogP contribution in [0.15, 0.2) is 0 Å². The summed E-state index contributed by atoms with van der Waals surface area (Å²) in [6.07, 6.45) is 0. The Morgan fingerprint density at radius 3 is 1.31 bits per heavy atom. The molecule has 1 aliphatic rings. The van der Waals surface area contributed by atoms with Gasteiger partial charge in [0.2, 0.25) is 11.2 Å². The van der Waals surface area contributed by atoms with Gasteiger partial charge in [-0.3, -0.25) is 0 Å². The Labute approximate surface area is 197 Å². The van der Waals surface area contributed by atoms with Crippen LogP contribution >= 0.6 is 0 Å². The van der Waals surface area contributed by atoms with Gasteiger partial charge in [-0.15, -0.1) is 0 Å². The van der Waals surface area contributed by atoms with Crippen molar-refractivity contribution in [2.24, 2.45) is 0 Å². The lowest BCUT2D eigenvalue weighted by Crippen LogP contribution is -2.98. The van der Waals surface area contributed by atoms with Gasteiger partial charge in [0.15, 0.2) is 0 Å². The van der Waals surface area contributed by atoms with E-state index in [1.54, 1.807) is 0 Å². The summed E-state index contributed by atoms with van der Waals surface area (Å²) in [5.41, 5.74) is -1.36. The summed E-state index contributed by atoms with van der Waals surface area (Å²) in [6.45, 7) is 22.3. The van der Waals surface area contributed by atoms with E-state index in [1.807, 2.05) is 62.3 Å². The molecule has 0 spiro atoms. The molecular formula is C20H46O9Si3. The first-order valence-electron chi connectivity index (χ1n) is 12.0. The fraction of sp³-hybridized carbons (Fsp3) is 1.00. The monoisotopic (exact) mass is 514 g/mol. The first-order valence-corrected chi connectivity index (χ1v) is 20.0. The summed E-state index contributed by atoms with van der Waals surface area (Å²) in [5, 5.41) is 0. The molecule has 1 fully saturated rings. The molecule has 0 aromatic rings. The second-order valence-electron chi connectivity index (χ2n) is 7.33. The van der Waals surface area contributed by atoms with Gasteiger partial charge in [-0.1, -0.05) is 0 Å². The zero-order chi connectivity index (χ0) is 24.5. The number of ether oxygens (including phenoxy) is 3. The second-order valence-corrected chi connectivity index (χ2v) is 24.2. The number of rotatable bonds is 16. The maximum Gasteiger partial charge on any atom is 0.540 e. The quantitative estimate of drug-likeness (QED) is 0.227. The Morgan fingerprint density at radius 1 is 0.562 bits per heavy atom. The number of hydrogen-bond acceptors (Lipinski definition) is 9. The molecule has 2 unspecified atom stereocenters. The zero-order valence-corrected chi connectivity index (χ0v) is 24.8. The average molecular weight is 515 g/mol. The van der Waals surface area contributed by atoms with E-state index in [9.17, 15) is 0 Å². The summed E-state index contributed by atoms with van der Waals surface area (Å²) in [5.74, 6) is -1.36. The highest BCUT2D eigenvalue weighted by Crippen LogP contribution is 2.54. The molecule has 0 saturated carbocycles. The Morgan fingerprint density at radius 2 is 0.969 bits per heavy atom.